The van der Waals surface area contributed by atoms with Gasteiger partial charge in [0.25, 0.3) is 0 Å². The number of rotatable bonds is 4. The first kappa shape index (κ1) is 13.8. The van der Waals surface area contributed by atoms with E-state index < -0.39 is 11.6 Å². The average Bonchev–Trinajstić information content (AvgIpc) is 2.38. The van der Waals surface area contributed by atoms with Crippen LogP contribution in [-0.2, 0) is 6.61 Å². The first-order valence-electron chi connectivity index (χ1n) is 5.50. The fraction of sp³-hybridized carbons (Fsp3) is 0.143. The summed E-state index contributed by atoms with van der Waals surface area (Å²) in [4.78, 5) is 0. The van der Waals surface area contributed by atoms with Crippen molar-refractivity contribution in [1.29, 1.82) is 0 Å². The Bertz CT molecular complexity index is 588. The molecule has 0 heterocycles. The van der Waals surface area contributed by atoms with E-state index in [2.05, 4.69) is 15.9 Å². The second-order valence-electron chi connectivity index (χ2n) is 3.82. The van der Waals surface area contributed by atoms with Gasteiger partial charge in [0.2, 0.25) is 0 Å². The molecule has 2 aromatic carbocycles. The maximum Gasteiger partial charge on any atom is 0.167 e. The van der Waals surface area contributed by atoms with Crippen molar-refractivity contribution in [3.05, 3.63) is 58.1 Å². The summed E-state index contributed by atoms with van der Waals surface area (Å²) in [6.07, 6.45) is 0. The quantitative estimate of drug-likeness (QED) is 0.832. The fourth-order valence-electron chi connectivity index (χ4n) is 1.61. The standard InChI is InChI=1S/C14H11BrF2O2/c1-18-13-4-2-10(15)6-9(13)8-19-14-5-3-11(16)7-12(14)17/h2-7H,8H2,1H3. The molecule has 0 spiro atoms. The van der Waals surface area contributed by atoms with Gasteiger partial charge in [-0.05, 0) is 30.3 Å². The van der Waals surface area contributed by atoms with Gasteiger partial charge in [0.1, 0.15) is 18.2 Å². The average molecular weight is 329 g/mol. The number of hydrogen-bond donors (Lipinski definition) is 0. The third kappa shape index (κ3) is 3.44. The highest BCUT2D eigenvalue weighted by atomic mass is 79.9. The molecule has 0 aromatic heterocycles. The smallest absolute Gasteiger partial charge is 0.167 e. The number of ether oxygens (including phenoxy) is 2. The van der Waals surface area contributed by atoms with Crippen molar-refractivity contribution >= 4 is 15.9 Å². The number of benzene rings is 2. The highest BCUT2D eigenvalue weighted by molar-refractivity contribution is 9.10. The van der Waals surface area contributed by atoms with E-state index in [-0.39, 0.29) is 12.4 Å². The van der Waals surface area contributed by atoms with Gasteiger partial charge in [-0.25, -0.2) is 8.78 Å². The summed E-state index contributed by atoms with van der Waals surface area (Å²) in [5.41, 5.74) is 0.764. The molecule has 0 saturated carbocycles. The molecular formula is C14H11BrF2O2. The van der Waals surface area contributed by atoms with Crippen molar-refractivity contribution in [2.75, 3.05) is 7.11 Å². The summed E-state index contributed by atoms with van der Waals surface area (Å²) < 4.78 is 37.6. The van der Waals surface area contributed by atoms with Crippen LogP contribution in [0, 0.1) is 11.6 Å². The van der Waals surface area contributed by atoms with Crippen molar-refractivity contribution in [3.63, 3.8) is 0 Å². The van der Waals surface area contributed by atoms with E-state index in [0.29, 0.717) is 5.75 Å². The molecule has 0 unspecified atom stereocenters. The molecule has 0 amide bonds. The molecule has 0 fully saturated rings. The predicted molar refractivity (Wildman–Crippen MR) is 71.4 cm³/mol. The van der Waals surface area contributed by atoms with Crippen LogP contribution in [0.5, 0.6) is 11.5 Å². The lowest BCUT2D eigenvalue weighted by atomic mass is 10.2. The van der Waals surface area contributed by atoms with Gasteiger partial charge in [0, 0.05) is 16.1 Å². The first-order chi connectivity index (χ1) is 9.10. The molecule has 0 aliphatic heterocycles. The van der Waals surface area contributed by atoms with Crippen molar-refractivity contribution in [1.82, 2.24) is 0 Å². The summed E-state index contributed by atoms with van der Waals surface area (Å²) in [5.74, 6) is -0.715. The maximum absolute atomic E-state index is 13.4. The number of hydrogen-bond acceptors (Lipinski definition) is 2. The zero-order valence-corrected chi connectivity index (χ0v) is 11.7. The minimum Gasteiger partial charge on any atom is -0.496 e. The van der Waals surface area contributed by atoms with E-state index in [4.69, 9.17) is 9.47 Å². The zero-order valence-electron chi connectivity index (χ0n) is 10.1. The SMILES string of the molecule is COc1ccc(Br)cc1COc1ccc(F)cc1F. The van der Waals surface area contributed by atoms with Crippen molar-refractivity contribution in [2.45, 2.75) is 6.61 Å². The van der Waals surface area contributed by atoms with Crippen LogP contribution in [0.25, 0.3) is 0 Å². The Hall–Kier alpha value is -1.62. The molecule has 5 heteroatoms. The number of methoxy groups -OCH3 is 1. The van der Waals surface area contributed by atoms with Crippen LogP contribution >= 0.6 is 15.9 Å². The lowest BCUT2D eigenvalue weighted by Gasteiger charge is -2.11. The van der Waals surface area contributed by atoms with Crippen LogP contribution < -0.4 is 9.47 Å². The minimum absolute atomic E-state index is 0.00317. The van der Waals surface area contributed by atoms with Crippen LogP contribution in [0.2, 0.25) is 0 Å². The summed E-state index contributed by atoms with van der Waals surface area (Å²) in [5, 5.41) is 0. The molecule has 2 nitrogen and oxygen atoms in total. The largest absolute Gasteiger partial charge is 0.496 e. The summed E-state index contributed by atoms with van der Waals surface area (Å²) in [6.45, 7) is 0.130. The van der Waals surface area contributed by atoms with Crippen molar-refractivity contribution in [2.24, 2.45) is 0 Å². The van der Waals surface area contributed by atoms with E-state index in [9.17, 15) is 8.78 Å². The Morgan fingerprint density at radius 1 is 1.05 bits per heavy atom. The van der Waals surface area contributed by atoms with E-state index in [1.54, 1.807) is 13.2 Å². The molecule has 100 valence electrons. The van der Waals surface area contributed by atoms with Crippen LogP contribution in [-0.4, -0.2) is 7.11 Å². The van der Waals surface area contributed by atoms with Crippen LogP contribution in [0.3, 0.4) is 0 Å². The third-order valence-electron chi connectivity index (χ3n) is 2.52. The minimum atomic E-state index is -0.728. The zero-order chi connectivity index (χ0) is 13.8. The van der Waals surface area contributed by atoms with Crippen LogP contribution in [0.4, 0.5) is 8.78 Å². The number of halogens is 3. The van der Waals surface area contributed by atoms with E-state index in [0.717, 1.165) is 22.2 Å². The second-order valence-corrected chi connectivity index (χ2v) is 4.74. The molecule has 0 aliphatic rings. The first-order valence-corrected chi connectivity index (χ1v) is 6.29. The summed E-state index contributed by atoms with van der Waals surface area (Å²) in [6, 6.07) is 8.63. The molecule has 0 bridgehead atoms. The van der Waals surface area contributed by atoms with Gasteiger partial charge in [0.05, 0.1) is 7.11 Å². The Labute approximate surface area is 118 Å². The Morgan fingerprint density at radius 2 is 1.79 bits per heavy atom. The van der Waals surface area contributed by atoms with Gasteiger partial charge in [-0.2, -0.15) is 0 Å². The normalized spacial score (nSPS) is 10.3. The maximum atomic E-state index is 13.4. The molecule has 2 rings (SSSR count). The molecule has 19 heavy (non-hydrogen) atoms. The van der Waals surface area contributed by atoms with E-state index in [1.165, 1.54) is 6.07 Å². The molecule has 0 radical (unpaired) electrons. The van der Waals surface area contributed by atoms with Crippen molar-refractivity contribution < 1.29 is 18.3 Å². The van der Waals surface area contributed by atoms with Gasteiger partial charge in [-0.3, -0.25) is 0 Å². The molecular weight excluding hydrogens is 318 g/mol. The Morgan fingerprint density at radius 3 is 2.47 bits per heavy atom. The molecule has 0 N–H and O–H groups in total. The Balaban J connectivity index is 2.16. The van der Waals surface area contributed by atoms with E-state index in [1.807, 2.05) is 12.1 Å². The van der Waals surface area contributed by atoms with Gasteiger partial charge < -0.3 is 9.47 Å². The topological polar surface area (TPSA) is 18.5 Å². The predicted octanol–water partition coefficient (Wildman–Crippen LogP) is 4.31. The van der Waals surface area contributed by atoms with Gasteiger partial charge in [-0.1, -0.05) is 15.9 Å². The van der Waals surface area contributed by atoms with E-state index >= 15 is 0 Å². The molecule has 0 atom stereocenters. The van der Waals surface area contributed by atoms with Crippen LogP contribution in [0.15, 0.2) is 40.9 Å². The molecule has 0 aliphatic carbocycles. The fourth-order valence-corrected chi connectivity index (χ4v) is 2.02. The van der Waals surface area contributed by atoms with Gasteiger partial charge in [0.15, 0.2) is 11.6 Å². The van der Waals surface area contributed by atoms with Gasteiger partial charge >= 0.3 is 0 Å². The summed E-state index contributed by atoms with van der Waals surface area (Å²) >= 11 is 3.34. The van der Waals surface area contributed by atoms with Crippen molar-refractivity contribution in [3.8, 4) is 11.5 Å². The third-order valence-corrected chi connectivity index (χ3v) is 3.01. The molecule has 0 saturated heterocycles. The highest BCUT2D eigenvalue weighted by Gasteiger charge is 2.08. The lowest BCUT2D eigenvalue weighted by molar-refractivity contribution is 0.281. The Kier molecular flexibility index (Phi) is 4.37. The molecule has 2 aromatic rings. The van der Waals surface area contributed by atoms with Gasteiger partial charge in [-0.15, -0.1) is 0 Å². The summed E-state index contributed by atoms with van der Waals surface area (Å²) in [7, 11) is 1.55. The lowest BCUT2D eigenvalue weighted by Crippen LogP contribution is -2.00. The van der Waals surface area contributed by atoms with Crippen LogP contribution in [0.1, 0.15) is 5.56 Å². The second kappa shape index (κ2) is 6.02. The monoisotopic (exact) mass is 328 g/mol. The highest BCUT2D eigenvalue weighted by Crippen LogP contribution is 2.25.